The van der Waals surface area contributed by atoms with Gasteiger partial charge in [-0.15, -0.1) is 0 Å². The standard InChI is InChI=1S/C29H42O4/c1-17(2)25(30)32-8-7-28(5-6-28)26(31)33-29(24-13-20-12-21(24)9-18(20)3)22-10-19-11-23(29)16-27(4,14-19)15-22/h18-24H,1,5-16H2,2-4H3. The molecule has 0 aromatic heterocycles. The Labute approximate surface area is 199 Å². The van der Waals surface area contributed by atoms with E-state index in [-0.39, 0.29) is 24.1 Å². The molecule has 7 saturated carbocycles. The third-order valence-corrected chi connectivity index (χ3v) is 11.3. The molecule has 182 valence electrons. The lowest BCUT2D eigenvalue weighted by Crippen LogP contribution is -2.66. The summed E-state index contributed by atoms with van der Waals surface area (Å²) in [4.78, 5) is 25.7. The van der Waals surface area contributed by atoms with Crippen molar-refractivity contribution in [1.82, 2.24) is 0 Å². The number of carbonyl (C=O) groups excluding carboxylic acids is 2. The van der Waals surface area contributed by atoms with E-state index in [2.05, 4.69) is 20.4 Å². The number of esters is 2. The van der Waals surface area contributed by atoms with Crippen molar-refractivity contribution < 1.29 is 19.1 Å². The first-order valence-corrected chi connectivity index (χ1v) is 13.7. The lowest BCUT2D eigenvalue weighted by molar-refractivity contribution is -0.252. The van der Waals surface area contributed by atoms with Crippen LogP contribution in [0.3, 0.4) is 0 Å². The van der Waals surface area contributed by atoms with Gasteiger partial charge in [0.2, 0.25) is 0 Å². The molecule has 6 atom stereocenters. The maximum Gasteiger partial charge on any atom is 0.333 e. The van der Waals surface area contributed by atoms with E-state index < -0.39 is 5.41 Å². The van der Waals surface area contributed by atoms with Gasteiger partial charge in [0.25, 0.3) is 0 Å². The van der Waals surface area contributed by atoms with E-state index in [0.29, 0.717) is 35.2 Å². The Morgan fingerprint density at radius 2 is 1.67 bits per heavy atom. The van der Waals surface area contributed by atoms with Crippen molar-refractivity contribution in [3.63, 3.8) is 0 Å². The fraction of sp³-hybridized carbons (Fsp3) is 0.862. The quantitative estimate of drug-likeness (QED) is 0.345. The molecule has 0 N–H and O–H groups in total. The van der Waals surface area contributed by atoms with Crippen molar-refractivity contribution in [3.05, 3.63) is 12.2 Å². The van der Waals surface area contributed by atoms with Crippen molar-refractivity contribution in [3.8, 4) is 0 Å². The molecule has 7 rings (SSSR count). The molecule has 4 nitrogen and oxygen atoms in total. The predicted molar refractivity (Wildman–Crippen MR) is 126 cm³/mol. The number of ether oxygens (including phenoxy) is 2. The van der Waals surface area contributed by atoms with Gasteiger partial charge in [0, 0.05) is 23.3 Å². The highest BCUT2D eigenvalue weighted by Crippen LogP contribution is 2.70. The Morgan fingerprint density at radius 1 is 0.970 bits per heavy atom. The van der Waals surface area contributed by atoms with Crippen LogP contribution in [0.15, 0.2) is 12.2 Å². The first kappa shape index (κ1) is 22.2. The van der Waals surface area contributed by atoms with Crippen LogP contribution in [0, 0.1) is 52.3 Å². The van der Waals surface area contributed by atoms with E-state index in [1.165, 1.54) is 51.4 Å². The highest BCUT2D eigenvalue weighted by molar-refractivity contribution is 5.87. The minimum atomic E-state index is -0.425. The molecule has 6 unspecified atom stereocenters. The third kappa shape index (κ3) is 3.36. The van der Waals surface area contributed by atoms with Crippen LogP contribution in [-0.4, -0.2) is 24.1 Å². The minimum absolute atomic E-state index is 0.0299. The summed E-state index contributed by atoms with van der Waals surface area (Å²) >= 11 is 0. The summed E-state index contributed by atoms with van der Waals surface area (Å²) in [6.07, 6.45) is 12.7. The van der Waals surface area contributed by atoms with E-state index in [1.54, 1.807) is 6.92 Å². The summed E-state index contributed by atoms with van der Waals surface area (Å²) in [7, 11) is 0. The van der Waals surface area contributed by atoms with E-state index in [9.17, 15) is 9.59 Å². The molecule has 0 spiro atoms. The van der Waals surface area contributed by atoms with Crippen LogP contribution in [0.1, 0.15) is 91.4 Å². The highest BCUT2D eigenvalue weighted by atomic mass is 16.6. The van der Waals surface area contributed by atoms with Crippen LogP contribution in [0.5, 0.6) is 0 Å². The fourth-order valence-electron chi connectivity index (χ4n) is 9.79. The first-order valence-electron chi connectivity index (χ1n) is 13.7. The SMILES string of the molecule is C=C(C)C(=O)OCCC1(C(=O)OC2(C3CC4CC3CC4C)C3CC4CC2CC(C)(C4)C3)CC1. The second-order valence-corrected chi connectivity index (χ2v) is 13.7. The molecule has 6 bridgehead atoms. The van der Waals surface area contributed by atoms with Gasteiger partial charge < -0.3 is 9.47 Å². The topological polar surface area (TPSA) is 52.6 Å². The van der Waals surface area contributed by atoms with Crippen LogP contribution in [0.2, 0.25) is 0 Å². The van der Waals surface area contributed by atoms with E-state index in [4.69, 9.17) is 9.47 Å². The fourth-order valence-corrected chi connectivity index (χ4v) is 9.79. The van der Waals surface area contributed by atoms with E-state index in [1.807, 2.05) is 0 Å². The molecule has 0 saturated heterocycles. The Hall–Kier alpha value is -1.32. The number of carbonyl (C=O) groups is 2. The molecule has 0 amide bonds. The highest BCUT2D eigenvalue weighted by Gasteiger charge is 2.69. The number of hydrogen-bond donors (Lipinski definition) is 0. The van der Waals surface area contributed by atoms with Gasteiger partial charge in [-0.3, -0.25) is 4.79 Å². The molecular weight excluding hydrogens is 412 g/mol. The lowest BCUT2D eigenvalue weighted by atomic mass is 9.42. The zero-order valence-electron chi connectivity index (χ0n) is 20.9. The summed E-state index contributed by atoms with van der Waals surface area (Å²) in [6.45, 7) is 10.5. The lowest BCUT2D eigenvalue weighted by Gasteiger charge is -2.66. The molecular formula is C29H42O4. The molecule has 0 radical (unpaired) electrons. The average molecular weight is 455 g/mol. The summed E-state index contributed by atoms with van der Waals surface area (Å²) in [5.74, 6) is 4.60. The second kappa shape index (κ2) is 7.34. The van der Waals surface area contributed by atoms with Crippen molar-refractivity contribution in [2.45, 2.75) is 97.0 Å². The summed E-state index contributed by atoms with van der Waals surface area (Å²) in [5, 5.41) is 0. The Balaban J connectivity index is 1.25. The zero-order valence-corrected chi connectivity index (χ0v) is 20.9. The maximum absolute atomic E-state index is 13.9. The average Bonchev–Trinajstić information content (AvgIpc) is 3.29. The van der Waals surface area contributed by atoms with Gasteiger partial charge in [-0.1, -0.05) is 20.4 Å². The van der Waals surface area contributed by atoms with Crippen LogP contribution in [0.25, 0.3) is 0 Å². The number of rotatable bonds is 7. The largest absolute Gasteiger partial charge is 0.462 e. The molecule has 4 heteroatoms. The Morgan fingerprint density at radius 3 is 2.18 bits per heavy atom. The van der Waals surface area contributed by atoms with Gasteiger partial charge in [-0.25, -0.2) is 4.79 Å². The molecule has 0 aliphatic heterocycles. The first-order chi connectivity index (χ1) is 15.6. The monoisotopic (exact) mass is 454 g/mol. The smallest absolute Gasteiger partial charge is 0.333 e. The van der Waals surface area contributed by atoms with E-state index in [0.717, 1.165) is 36.5 Å². The molecule has 7 fully saturated rings. The molecule has 33 heavy (non-hydrogen) atoms. The van der Waals surface area contributed by atoms with Gasteiger partial charge >= 0.3 is 11.9 Å². The molecule has 7 aliphatic rings. The maximum atomic E-state index is 13.9. The normalized spacial score (nSPS) is 48.0. The molecule has 0 aromatic rings. The van der Waals surface area contributed by atoms with Crippen molar-refractivity contribution in [2.24, 2.45) is 52.3 Å². The van der Waals surface area contributed by atoms with Gasteiger partial charge in [-0.05, 0) is 107 Å². The zero-order chi connectivity index (χ0) is 23.2. The van der Waals surface area contributed by atoms with Gasteiger partial charge in [-0.2, -0.15) is 0 Å². The molecule has 0 heterocycles. The minimum Gasteiger partial charge on any atom is -0.462 e. The number of hydrogen-bond acceptors (Lipinski definition) is 4. The van der Waals surface area contributed by atoms with Gasteiger partial charge in [0.05, 0.1) is 12.0 Å². The Kier molecular flexibility index (Phi) is 4.93. The predicted octanol–water partition coefficient (Wildman–Crippen LogP) is 6.09. The molecule has 7 aliphatic carbocycles. The van der Waals surface area contributed by atoms with Crippen LogP contribution < -0.4 is 0 Å². The van der Waals surface area contributed by atoms with Crippen molar-refractivity contribution in [1.29, 1.82) is 0 Å². The second-order valence-electron chi connectivity index (χ2n) is 13.7. The van der Waals surface area contributed by atoms with Gasteiger partial charge in [0.15, 0.2) is 0 Å². The Bertz CT molecular complexity index is 851. The third-order valence-electron chi connectivity index (χ3n) is 11.3. The summed E-state index contributed by atoms with van der Waals surface area (Å²) in [5.41, 5.74) is 0.225. The van der Waals surface area contributed by atoms with Crippen molar-refractivity contribution >= 4 is 11.9 Å². The molecule has 0 aromatic carbocycles. The summed E-state index contributed by atoms with van der Waals surface area (Å²) < 4.78 is 12.3. The van der Waals surface area contributed by atoms with E-state index >= 15 is 0 Å². The van der Waals surface area contributed by atoms with Gasteiger partial charge in [0.1, 0.15) is 5.60 Å². The van der Waals surface area contributed by atoms with Crippen LogP contribution in [-0.2, 0) is 19.1 Å². The van der Waals surface area contributed by atoms with Crippen LogP contribution in [0.4, 0.5) is 0 Å². The van der Waals surface area contributed by atoms with Crippen molar-refractivity contribution in [2.75, 3.05) is 6.61 Å². The summed E-state index contributed by atoms with van der Waals surface area (Å²) in [6, 6.07) is 0. The number of fused-ring (bicyclic) bond motifs is 2. The van der Waals surface area contributed by atoms with Crippen LogP contribution >= 0.6 is 0 Å².